The van der Waals surface area contributed by atoms with Crippen LogP contribution in [0.25, 0.3) is 0 Å². The van der Waals surface area contributed by atoms with Gasteiger partial charge in [-0.1, -0.05) is 45.9 Å². The monoisotopic (exact) mass is 803 g/mol. The highest BCUT2D eigenvalue weighted by atomic mass is 16.7. The number of fused-ring (bicyclic) bond motifs is 3. The zero-order valence-corrected chi connectivity index (χ0v) is 35.4. The van der Waals surface area contributed by atoms with Crippen LogP contribution in [0, 0.1) is 29.6 Å². The Kier molecular flexibility index (Phi) is 17.2. The molecule has 1 saturated carbocycles. The fraction of sp³-hybridized carbons (Fsp3) is 0.773. The number of aliphatic hydroxyl groups excluding tert-OH is 2. The van der Waals surface area contributed by atoms with E-state index in [9.17, 15) is 34.5 Å². The number of carbonyl (C=O) groups is 4. The van der Waals surface area contributed by atoms with Crippen LogP contribution >= 0.6 is 0 Å². The Hall–Kier alpha value is -2.78. The molecule has 1 unspecified atom stereocenters. The fourth-order valence-corrected chi connectivity index (χ4v) is 9.44. The van der Waals surface area contributed by atoms with Crippen molar-refractivity contribution in [2.45, 2.75) is 160 Å². The van der Waals surface area contributed by atoms with E-state index >= 15 is 0 Å². The number of Topliss-reactive ketones (excluding diaryl/α,β-unsaturated/α-hetero) is 2. The summed E-state index contributed by atoms with van der Waals surface area (Å²) in [6.07, 6.45) is 4.89. The number of cyclic esters (lactones) is 1. The van der Waals surface area contributed by atoms with Gasteiger partial charge in [0.2, 0.25) is 5.79 Å². The van der Waals surface area contributed by atoms with E-state index in [1.807, 2.05) is 26.0 Å². The van der Waals surface area contributed by atoms with E-state index in [-0.39, 0.29) is 55.4 Å². The molecule has 0 aromatic rings. The second-order valence-electron chi connectivity index (χ2n) is 17.3. The van der Waals surface area contributed by atoms with Crippen molar-refractivity contribution in [3.05, 3.63) is 36.0 Å². The van der Waals surface area contributed by atoms with Crippen LogP contribution in [0.5, 0.6) is 0 Å². The number of aliphatic hydroxyl groups is 3. The molecule has 4 rings (SSSR count). The summed E-state index contributed by atoms with van der Waals surface area (Å²) in [7, 11) is 4.61. The van der Waals surface area contributed by atoms with E-state index in [0.29, 0.717) is 62.5 Å². The number of rotatable bonds is 7. The zero-order chi connectivity index (χ0) is 42.2. The minimum absolute atomic E-state index is 0.0120. The highest BCUT2D eigenvalue weighted by molar-refractivity contribution is 6.39. The van der Waals surface area contributed by atoms with Crippen molar-refractivity contribution < 1.29 is 58.2 Å². The van der Waals surface area contributed by atoms with E-state index in [1.54, 1.807) is 27.0 Å². The molecule has 4 aliphatic rings. The van der Waals surface area contributed by atoms with Crippen LogP contribution in [-0.2, 0) is 42.9 Å². The summed E-state index contributed by atoms with van der Waals surface area (Å²) >= 11 is 0. The summed E-state index contributed by atoms with van der Waals surface area (Å²) in [5.74, 6) is -7.32. The van der Waals surface area contributed by atoms with E-state index in [4.69, 9.17) is 23.7 Å². The first kappa shape index (κ1) is 46.9. The van der Waals surface area contributed by atoms with Crippen molar-refractivity contribution in [2.24, 2.45) is 29.6 Å². The number of amides is 1. The number of nitrogens with zero attached hydrogens (tertiary/aromatic N) is 1. The molecule has 0 spiro atoms. The second-order valence-corrected chi connectivity index (χ2v) is 17.3. The predicted octanol–water partition coefficient (Wildman–Crippen LogP) is 4.64. The molecule has 2 saturated heterocycles. The Balaban J connectivity index is 1.78. The van der Waals surface area contributed by atoms with Crippen LogP contribution in [0.4, 0.5) is 0 Å². The second kappa shape index (κ2) is 21.0. The Morgan fingerprint density at radius 2 is 1.58 bits per heavy atom. The number of piperidine rings is 1. The largest absolute Gasteiger partial charge is 0.456 e. The SMILES string of the molecule is C=CCC1=CC(C)C[C@H](C)C[C@H](OC)[C@H]2O[C@@](O)(C(=O)C(=O)N3CCCC[C@H]3C(=O)O[C@H](C(C)=C[C@@H]3CC[C@@H](O)[C@H](OC)C3)[C@H](C)[C@@H](O)CC1=O)[C@H](C)C[C@@H]2OC. The molecule has 3 N–H and O–H groups in total. The molecular formula is C44H69NO12. The first-order valence-electron chi connectivity index (χ1n) is 20.9. The third-order valence-corrected chi connectivity index (χ3v) is 12.8. The molecule has 3 aliphatic heterocycles. The smallest absolute Gasteiger partial charge is 0.329 e. The Labute approximate surface area is 339 Å². The molecule has 0 aromatic heterocycles. The summed E-state index contributed by atoms with van der Waals surface area (Å²) in [5, 5.41) is 34.1. The lowest BCUT2D eigenvalue weighted by molar-refractivity contribution is -0.302. The molecule has 1 aliphatic carbocycles. The molecule has 3 heterocycles. The molecule has 1 amide bonds. The van der Waals surface area contributed by atoms with Gasteiger partial charge in [-0.2, -0.15) is 0 Å². The summed E-state index contributed by atoms with van der Waals surface area (Å²) in [4.78, 5) is 57.8. The number of ether oxygens (including phenoxy) is 5. The molecule has 0 aromatic carbocycles. The molecule has 13 heteroatoms. The van der Waals surface area contributed by atoms with Crippen LogP contribution in [0.2, 0.25) is 0 Å². The van der Waals surface area contributed by atoms with Gasteiger partial charge in [-0.3, -0.25) is 14.4 Å². The molecule has 57 heavy (non-hydrogen) atoms. The minimum Gasteiger partial charge on any atom is -0.456 e. The number of hydrogen-bond acceptors (Lipinski definition) is 12. The average Bonchev–Trinajstić information content (AvgIpc) is 3.18. The van der Waals surface area contributed by atoms with E-state index < -0.39 is 77.9 Å². The Bertz CT molecular complexity index is 1480. The molecule has 322 valence electrons. The molecular weight excluding hydrogens is 734 g/mol. The van der Waals surface area contributed by atoms with Gasteiger partial charge in [0.15, 0.2) is 5.78 Å². The normalized spacial score (nSPS) is 40.1. The average molecular weight is 804 g/mol. The number of methoxy groups -OCH3 is 3. The summed E-state index contributed by atoms with van der Waals surface area (Å²) in [6.45, 7) is 13.2. The van der Waals surface area contributed by atoms with Gasteiger partial charge in [0.05, 0.1) is 30.5 Å². The van der Waals surface area contributed by atoms with Crippen LogP contribution in [0.15, 0.2) is 36.0 Å². The van der Waals surface area contributed by atoms with Crippen LogP contribution in [0.3, 0.4) is 0 Å². The Morgan fingerprint density at radius 1 is 0.912 bits per heavy atom. The van der Waals surface area contributed by atoms with Crippen molar-refractivity contribution in [1.82, 2.24) is 4.90 Å². The topological polar surface area (TPSA) is 178 Å². The number of carbonyl (C=O) groups excluding carboxylic acids is 4. The van der Waals surface area contributed by atoms with Gasteiger partial charge in [-0.15, -0.1) is 6.58 Å². The number of ketones is 2. The van der Waals surface area contributed by atoms with Crippen LogP contribution in [0.1, 0.15) is 105 Å². The lowest BCUT2D eigenvalue weighted by atomic mass is 9.81. The van der Waals surface area contributed by atoms with Crippen molar-refractivity contribution >= 4 is 23.4 Å². The van der Waals surface area contributed by atoms with Gasteiger partial charge in [0.25, 0.3) is 11.7 Å². The first-order valence-corrected chi connectivity index (χ1v) is 20.9. The fourth-order valence-electron chi connectivity index (χ4n) is 9.44. The molecule has 2 bridgehead atoms. The van der Waals surface area contributed by atoms with Gasteiger partial charge < -0.3 is 43.9 Å². The lowest BCUT2D eigenvalue weighted by Gasteiger charge is -2.47. The lowest BCUT2D eigenvalue weighted by Crippen LogP contribution is -2.64. The standard InChI is InChI=1S/C44H69NO12/c1-10-13-31-19-25(2)18-26(3)20-37(54-8)40-38(55-9)22-28(5)44(52,57-40)41(49)42(50)45-17-12-11-14-32(45)43(51)56-39(29(6)34(47)24-35(31)48)27(4)21-30-15-16-33(46)36(23-30)53-7/h10,19,21,25-26,28-30,32-34,36-40,46-47,52H,1,11-18,20,22-24H2,2-9H3/t25?,26-,28+,29+,30-,32-,33+,34-,36+,37-,38-,39+,40+,44+/m0/s1. The Morgan fingerprint density at radius 3 is 2.23 bits per heavy atom. The zero-order valence-electron chi connectivity index (χ0n) is 35.4. The molecule has 0 radical (unpaired) electrons. The molecule has 3 fully saturated rings. The first-order chi connectivity index (χ1) is 27.0. The number of allylic oxidation sites excluding steroid dienone is 4. The van der Waals surface area contributed by atoms with E-state index in [0.717, 1.165) is 0 Å². The van der Waals surface area contributed by atoms with Gasteiger partial charge in [0, 0.05) is 46.1 Å². The molecule has 13 nitrogen and oxygen atoms in total. The van der Waals surface area contributed by atoms with Crippen LogP contribution in [-0.4, -0.2) is 126 Å². The minimum atomic E-state index is -2.51. The third kappa shape index (κ3) is 11.3. The van der Waals surface area contributed by atoms with Gasteiger partial charge >= 0.3 is 5.97 Å². The van der Waals surface area contributed by atoms with Gasteiger partial charge in [-0.25, -0.2) is 4.79 Å². The highest BCUT2D eigenvalue weighted by Gasteiger charge is 2.56. The van der Waals surface area contributed by atoms with Crippen molar-refractivity contribution in [1.29, 1.82) is 0 Å². The van der Waals surface area contributed by atoms with Crippen molar-refractivity contribution in [3.63, 3.8) is 0 Å². The number of hydrogen-bond donors (Lipinski definition) is 3. The molecule has 14 atom stereocenters. The predicted molar refractivity (Wildman–Crippen MR) is 213 cm³/mol. The quantitative estimate of drug-likeness (QED) is 0.185. The maximum atomic E-state index is 14.3. The maximum Gasteiger partial charge on any atom is 0.329 e. The highest BCUT2D eigenvalue weighted by Crippen LogP contribution is 2.39. The summed E-state index contributed by atoms with van der Waals surface area (Å²) < 4.78 is 29.8. The van der Waals surface area contributed by atoms with E-state index in [1.165, 1.54) is 19.1 Å². The van der Waals surface area contributed by atoms with Crippen LogP contribution < -0.4 is 0 Å². The van der Waals surface area contributed by atoms with Gasteiger partial charge in [-0.05, 0) is 100 Å². The van der Waals surface area contributed by atoms with Crippen molar-refractivity contribution in [2.75, 3.05) is 27.9 Å². The number of esters is 1. The van der Waals surface area contributed by atoms with Gasteiger partial charge in [0.1, 0.15) is 18.2 Å². The summed E-state index contributed by atoms with van der Waals surface area (Å²) in [5.41, 5.74) is 1.18. The maximum absolute atomic E-state index is 14.3. The summed E-state index contributed by atoms with van der Waals surface area (Å²) in [6, 6.07) is -1.14. The van der Waals surface area contributed by atoms with Crippen molar-refractivity contribution in [3.8, 4) is 0 Å². The third-order valence-electron chi connectivity index (χ3n) is 12.8. The van der Waals surface area contributed by atoms with E-state index in [2.05, 4.69) is 13.5 Å².